The number of benzene rings is 2. The third-order valence-electron chi connectivity index (χ3n) is 6.86. The highest BCUT2D eigenvalue weighted by atomic mass is 32.2. The number of sulfonamides is 1. The van der Waals surface area contributed by atoms with Gasteiger partial charge in [-0.15, -0.1) is 0 Å². The minimum absolute atomic E-state index is 0.0888. The average Bonchev–Trinajstić information content (AvgIpc) is 2.91. The Labute approximate surface area is 226 Å². The van der Waals surface area contributed by atoms with Crippen LogP contribution < -0.4 is 19.1 Å². The molecule has 3 rings (SSSR count). The van der Waals surface area contributed by atoms with E-state index in [-0.39, 0.29) is 18.5 Å². The van der Waals surface area contributed by atoms with Crippen molar-refractivity contribution in [1.82, 2.24) is 10.2 Å². The maximum absolute atomic E-state index is 13.8. The van der Waals surface area contributed by atoms with Gasteiger partial charge >= 0.3 is 0 Å². The molecule has 1 saturated carbocycles. The van der Waals surface area contributed by atoms with Crippen molar-refractivity contribution in [3.05, 3.63) is 54.1 Å². The van der Waals surface area contributed by atoms with Crippen molar-refractivity contribution in [2.24, 2.45) is 0 Å². The van der Waals surface area contributed by atoms with Gasteiger partial charge < -0.3 is 19.7 Å². The molecule has 0 radical (unpaired) electrons. The van der Waals surface area contributed by atoms with Gasteiger partial charge in [0.1, 0.15) is 24.1 Å². The van der Waals surface area contributed by atoms with E-state index in [1.165, 1.54) is 12.0 Å². The van der Waals surface area contributed by atoms with E-state index in [9.17, 15) is 18.0 Å². The smallest absolute Gasteiger partial charge is 0.244 e. The molecule has 0 heterocycles. The van der Waals surface area contributed by atoms with Crippen LogP contribution in [-0.2, 0) is 26.2 Å². The van der Waals surface area contributed by atoms with Gasteiger partial charge in [0.2, 0.25) is 21.8 Å². The summed E-state index contributed by atoms with van der Waals surface area (Å²) in [5.74, 6) is 0.509. The molecule has 2 amide bonds. The third-order valence-corrected chi connectivity index (χ3v) is 8.00. The molecule has 1 unspecified atom stereocenters. The van der Waals surface area contributed by atoms with Gasteiger partial charge in [-0.2, -0.15) is 0 Å². The second-order valence-corrected chi connectivity index (χ2v) is 11.5. The van der Waals surface area contributed by atoms with Crippen molar-refractivity contribution in [2.45, 2.75) is 64.1 Å². The lowest BCUT2D eigenvalue weighted by molar-refractivity contribution is -0.140. The van der Waals surface area contributed by atoms with Gasteiger partial charge in [0.15, 0.2) is 0 Å². The number of carbonyl (C=O) groups is 2. The van der Waals surface area contributed by atoms with Crippen LogP contribution in [0.5, 0.6) is 11.5 Å². The van der Waals surface area contributed by atoms with E-state index < -0.39 is 28.5 Å². The van der Waals surface area contributed by atoms with Gasteiger partial charge in [0.05, 0.1) is 26.2 Å². The van der Waals surface area contributed by atoms with E-state index in [2.05, 4.69) is 5.32 Å². The highest BCUT2D eigenvalue weighted by Crippen LogP contribution is 2.24. The SMILES string of the molecule is CCC(C(=O)NC1CCCCC1)N(Cc1cccc(OC)c1)C(=O)CN(c1ccc(OC)cc1)S(C)(=O)=O. The molecule has 2 aromatic carbocycles. The Morgan fingerprint density at radius 2 is 1.66 bits per heavy atom. The molecule has 0 bridgehead atoms. The second-order valence-electron chi connectivity index (χ2n) is 9.61. The molecule has 1 fully saturated rings. The maximum Gasteiger partial charge on any atom is 0.244 e. The molecule has 0 saturated heterocycles. The quantitative estimate of drug-likeness (QED) is 0.436. The summed E-state index contributed by atoms with van der Waals surface area (Å²) in [7, 11) is -0.717. The third kappa shape index (κ3) is 7.86. The van der Waals surface area contributed by atoms with E-state index in [4.69, 9.17) is 9.47 Å². The van der Waals surface area contributed by atoms with E-state index in [0.29, 0.717) is 23.6 Å². The number of hydrogen-bond acceptors (Lipinski definition) is 6. The van der Waals surface area contributed by atoms with Crippen LogP contribution in [0.25, 0.3) is 0 Å². The second kappa shape index (κ2) is 13.5. The highest BCUT2D eigenvalue weighted by molar-refractivity contribution is 7.92. The van der Waals surface area contributed by atoms with E-state index >= 15 is 0 Å². The summed E-state index contributed by atoms with van der Waals surface area (Å²) < 4.78 is 37.1. The first-order chi connectivity index (χ1) is 18.2. The van der Waals surface area contributed by atoms with E-state index in [1.807, 2.05) is 25.1 Å². The normalized spacial score (nSPS) is 14.8. The van der Waals surface area contributed by atoms with Crippen molar-refractivity contribution in [3.63, 3.8) is 0 Å². The Bertz CT molecular complexity index is 1180. The fraction of sp³-hybridized carbons (Fsp3) is 0.500. The summed E-state index contributed by atoms with van der Waals surface area (Å²) in [6.45, 7) is 1.55. The van der Waals surface area contributed by atoms with Crippen molar-refractivity contribution >= 4 is 27.5 Å². The number of amides is 2. The maximum atomic E-state index is 13.8. The molecular formula is C28H39N3O6S. The minimum atomic E-state index is -3.80. The van der Waals surface area contributed by atoms with Gasteiger partial charge in [-0.05, 0) is 61.2 Å². The zero-order valence-corrected chi connectivity index (χ0v) is 23.5. The van der Waals surface area contributed by atoms with Crippen molar-refractivity contribution in [3.8, 4) is 11.5 Å². The molecule has 10 heteroatoms. The van der Waals surface area contributed by atoms with Crippen LogP contribution in [0.1, 0.15) is 51.0 Å². The molecule has 1 atom stereocenters. The molecule has 2 aromatic rings. The average molecular weight is 546 g/mol. The largest absolute Gasteiger partial charge is 0.497 e. The topological polar surface area (TPSA) is 105 Å². The zero-order valence-electron chi connectivity index (χ0n) is 22.7. The Morgan fingerprint density at radius 3 is 2.24 bits per heavy atom. The first-order valence-electron chi connectivity index (χ1n) is 13.0. The lowest BCUT2D eigenvalue weighted by Gasteiger charge is -2.34. The summed E-state index contributed by atoms with van der Waals surface area (Å²) in [4.78, 5) is 28.8. The number of nitrogens with one attached hydrogen (secondary N) is 1. The molecule has 1 N–H and O–H groups in total. The molecule has 9 nitrogen and oxygen atoms in total. The Morgan fingerprint density at radius 1 is 1.00 bits per heavy atom. The van der Waals surface area contributed by atoms with Crippen LogP contribution in [0.3, 0.4) is 0 Å². The monoisotopic (exact) mass is 545 g/mol. The summed E-state index contributed by atoms with van der Waals surface area (Å²) in [5.41, 5.74) is 1.11. The fourth-order valence-corrected chi connectivity index (χ4v) is 5.64. The molecule has 0 spiro atoms. The molecule has 0 aliphatic heterocycles. The van der Waals surface area contributed by atoms with Gasteiger partial charge in [-0.25, -0.2) is 8.42 Å². The summed E-state index contributed by atoms with van der Waals surface area (Å²) in [6.07, 6.45) is 6.59. The predicted octanol–water partition coefficient (Wildman–Crippen LogP) is 3.73. The van der Waals surface area contributed by atoms with Crippen LogP contribution in [0.2, 0.25) is 0 Å². The Kier molecular flexibility index (Phi) is 10.4. The van der Waals surface area contributed by atoms with Gasteiger partial charge in [-0.1, -0.05) is 38.3 Å². The molecule has 0 aromatic heterocycles. The highest BCUT2D eigenvalue weighted by Gasteiger charge is 2.33. The first kappa shape index (κ1) is 29.3. The number of carbonyl (C=O) groups excluding carboxylic acids is 2. The number of nitrogens with zero attached hydrogens (tertiary/aromatic N) is 2. The molecule has 38 heavy (non-hydrogen) atoms. The number of methoxy groups -OCH3 is 2. The lowest BCUT2D eigenvalue weighted by Crippen LogP contribution is -2.53. The predicted molar refractivity (Wildman–Crippen MR) is 148 cm³/mol. The first-order valence-corrected chi connectivity index (χ1v) is 14.9. The van der Waals surface area contributed by atoms with Crippen LogP contribution in [0, 0.1) is 0 Å². The molecule has 208 valence electrons. The summed E-state index contributed by atoms with van der Waals surface area (Å²) in [6, 6.07) is 13.1. The standard InChI is InChI=1S/C28H39N3O6S/c1-5-26(28(33)29-22-11-7-6-8-12-22)30(19-21-10-9-13-25(18-21)37-3)27(32)20-31(38(4,34)35)23-14-16-24(36-2)17-15-23/h9-10,13-18,22,26H,5-8,11-12,19-20H2,1-4H3,(H,29,33). The van der Waals surface area contributed by atoms with Gasteiger partial charge in [-0.3, -0.25) is 13.9 Å². The molecule has 1 aliphatic carbocycles. The zero-order chi connectivity index (χ0) is 27.7. The Balaban J connectivity index is 1.92. The van der Waals surface area contributed by atoms with Gasteiger partial charge in [0.25, 0.3) is 0 Å². The van der Waals surface area contributed by atoms with Crippen LogP contribution in [0.4, 0.5) is 5.69 Å². The fourth-order valence-electron chi connectivity index (χ4n) is 4.79. The lowest BCUT2D eigenvalue weighted by atomic mass is 9.95. The molecule has 1 aliphatic rings. The van der Waals surface area contributed by atoms with Crippen molar-refractivity contribution < 1.29 is 27.5 Å². The Hall–Kier alpha value is -3.27. The molecular weight excluding hydrogens is 506 g/mol. The van der Waals surface area contributed by atoms with Crippen LogP contribution >= 0.6 is 0 Å². The number of rotatable bonds is 12. The summed E-state index contributed by atoms with van der Waals surface area (Å²) in [5, 5.41) is 3.14. The minimum Gasteiger partial charge on any atom is -0.497 e. The van der Waals surface area contributed by atoms with E-state index in [0.717, 1.165) is 48.2 Å². The van der Waals surface area contributed by atoms with Crippen LogP contribution in [0.15, 0.2) is 48.5 Å². The summed E-state index contributed by atoms with van der Waals surface area (Å²) >= 11 is 0. The van der Waals surface area contributed by atoms with Gasteiger partial charge in [0, 0.05) is 12.6 Å². The number of ether oxygens (including phenoxy) is 2. The van der Waals surface area contributed by atoms with E-state index in [1.54, 1.807) is 37.4 Å². The van der Waals surface area contributed by atoms with Crippen LogP contribution in [-0.4, -0.2) is 64.2 Å². The van der Waals surface area contributed by atoms with Crippen molar-refractivity contribution in [1.29, 1.82) is 0 Å². The van der Waals surface area contributed by atoms with Crippen molar-refractivity contribution in [2.75, 3.05) is 31.3 Å². The number of hydrogen-bond donors (Lipinski definition) is 1. The number of anilines is 1.